The average molecular weight is 338 g/mol. The number of sulfonamides is 1. The molecule has 5 nitrogen and oxygen atoms in total. The van der Waals surface area contributed by atoms with E-state index in [0.29, 0.717) is 6.07 Å². The molecule has 0 aliphatic rings. The summed E-state index contributed by atoms with van der Waals surface area (Å²) < 4.78 is 57.8. The Hall–Kier alpha value is -1.64. The molecular weight excluding hydrogens is 328 g/mol. The highest BCUT2D eigenvalue weighted by molar-refractivity contribution is 7.92. The van der Waals surface area contributed by atoms with Crippen LogP contribution in [0.15, 0.2) is 27.5 Å². The van der Waals surface area contributed by atoms with Gasteiger partial charge in [-0.3, -0.25) is 4.72 Å². The molecule has 1 aromatic heterocycles. The highest BCUT2D eigenvalue weighted by atomic mass is 35.5. The molecule has 1 aromatic carbocycles. The molecule has 0 spiro atoms. The predicted octanol–water partition coefficient (Wildman–Crippen LogP) is 2.81. The second-order valence-corrected chi connectivity index (χ2v) is 6.20. The van der Waals surface area contributed by atoms with Gasteiger partial charge in [-0.05, 0) is 13.0 Å². The van der Waals surface area contributed by atoms with E-state index in [4.69, 9.17) is 21.1 Å². The van der Waals surface area contributed by atoms with Gasteiger partial charge in [-0.25, -0.2) is 17.2 Å². The molecule has 0 saturated carbocycles. The SMILES string of the molecule is Cc1oc(CO)cc1S(=O)(=O)Nc1c(F)cc(F)cc1Cl. The summed E-state index contributed by atoms with van der Waals surface area (Å²) in [6.07, 6.45) is 0. The summed E-state index contributed by atoms with van der Waals surface area (Å²) >= 11 is 5.63. The van der Waals surface area contributed by atoms with E-state index in [2.05, 4.69) is 0 Å². The van der Waals surface area contributed by atoms with Crippen molar-refractivity contribution >= 4 is 27.3 Å². The van der Waals surface area contributed by atoms with Gasteiger partial charge in [0, 0.05) is 12.1 Å². The average Bonchev–Trinajstić information content (AvgIpc) is 2.76. The zero-order valence-corrected chi connectivity index (χ0v) is 12.2. The number of hydrogen-bond acceptors (Lipinski definition) is 4. The Morgan fingerprint density at radius 2 is 2.00 bits per heavy atom. The lowest BCUT2D eigenvalue weighted by atomic mass is 10.3. The number of furan rings is 1. The number of aryl methyl sites for hydroxylation is 1. The van der Waals surface area contributed by atoms with Crippen LogP contribution >= 0.6 is 11.6 Å². The van der Waals surface area contributed by atoms with Gasteiger partial charge >= 0.3 is 0 Å². The lowest BCUT2D eigenvalue weighted by Gasteiger charge is -2.10. The Balaban J connectivity index is 2.44. The van der Waals surface area contributed by atoms with Gasteiger partial charge < -0.3 is 9.52 Å². The van der Waals surface area contributed by atoms with E-state index in [-0.39, 0.29) is 16.4 Å². The van der Waals surface area contributed by atoms with Crippen LogP contribution in [0.25, 0.3) is 0 Å². The molecule has 0 radical (unpaired) electrons. The fraction of sp³-hybridized carbons (Fsp3) is 0.167. The van der Waals surface area contributed by atoms with Crippen LogP contribution in [0, 0.1) is 18.6 Å². The molecule has 0 aliphatic heterocycles. The third kappa shape index (κ3) is 3.17. The maximum atomic E-state index is 13.6. The molecule has 0 bridgehead atoms. The molecular formula is C12H10ClF2NO4S. The zero-order chi connectivity index (χ0) is 15.8. The molecule has 1 heterocycles. The van der Waals surface area contributed by atoms with Crippen molar-refractivity contribution in [3.8, 4) is 0 Å². The molecule has 21 heavy (non-hydrogen) atoms. The number of anilines is 1. The Morgan fingerprint density at radius 1 is 1.33 bits per heavy atom. The van der Waals surface area contributed by atoms with Crippen molar-refractivity contribution in [3.63, 3.8) is 0 Å². The van der Waals surface area contributed by atoms with E-state index >= 15 is 0 Å². The molecule has 0 amide bonds. The third-order valence-corrected chi connectivity index (χ3v) is 4.37. The third-order valence-electron chi connectivity index (χ3n) is 2.61. The molecule has 0 unspecified atom stereocenters. The van der Waals surface area contributed by atoms with Crippen molar-refractivity contribution in [2.45, 2.75) is 18.4 Å². The van der Waals surface area contributed by atoms with Gasteiger partial charge in [0.2, 0.25) is 0 Å². The van der Waals surface area contributed by atoms with Crippen molar-refractivity contribution in [1.29, 1.82) is 0 Å². The van der Waals surface area contributed by atoms with Gasteiger partial charge in [0.15, 0.2) is 5.82 Å². The molecule has 2 N–H and O–H groups in total. The van der Waals surface area contributed by atoms with E-state index in [1.54, 1.807) is 0 Å². The number of benzene rings is 1. The summed E-state index contributed by atoms with van der Waals surface area (Å²) in [5.74, 6) is -2.02. The highest BCUT2D eigenvalue weighted by Crippen LogP contribution is 2.30. The van der Waals surface area contributed by atoms with Gasteiger partial charge in [-0.15, -0.1) is 0 Å². The van der Waals surface area contributed by atoms with E-state index in [0.717, 1.165) is 12.1 Å². The van der Waals surface area contributed by atoms with Crippen LogP contribution in [-0.4, -0.2) is 13.5 Å². The molecule has 0 aliphatic carbocycles. The monoisotopic (exact) mass is 337 g/mol. The van der Waals surface area contributed by atoms with E-state index < -0.39 is 39.0 Å². The van der Waals surface area contributed by atoms with Gasteiger partial charge in [-0.2, -0.15) is 0 Å². The number of rotatable bonds is 4. The fourth-order valence-corrected chi connectivity index (χ4v) is 3.29. The van der Waals surface area contributed by atoms with Gasteiger partial charge in [0.25, 0.3) is 10.0 Å². The molecule has 0 fully saturated rings. The highest BCUT2D eigenvalue weighted by Gasteiger charge is 2.24. The number of nitrogens with one attached hydrogen (secondary N) is 1. The van der Waals surface area contributed by atoms with Crippen molar-refractivity contribution in [3.05, 3.63) is 46.4 Å². The minimum atomic E-state index is -4.19. The zero-order valence-electron chi connectivity index (χ0n) is 10.7. The maximum Gasteiger partial charge on any atom is 0.265 e. The molecule has 2 rings (SSSR count). The van der Waals surface area contributed by atoms with Gasteiger partial charge in [-0.1, -0.05) is 11.6 Å². The van der Waals surface area contributed by atoms with Crippen molar-refractivity contribution in [2.75, 3.05) is 4.72 Å². The quantitative estimate of drug-likeness (QED) is 0.899. The van der Waals surface area contributed by atoms with Crippen LogP contribution in [0.4, 0.5) is 14.5 Å². The fourth-order valence-electron chi connectivity index (χ4n) is 1.70. The van der Waals surface area contributed by atoms with E-state index in [1.807, 2.05) is 4.72 Å². The summed E-state index contributed by atoms with van der Waals surface area (Å²) in [6, 6.07) is 2.39. The Labute approximate surface area is 124 Å². The Bertz CT molecular complexity index is 766. The first-order valence-corrected chi connectivity index (χ1v) is 7.48. The van der Waals surface area contributed by atoms with Gasteiger partial charge in [0.1, 0.15) is 34.5 Å². The lowest BCUT2D eigenvalue weighted by Crippen LogP contribution is -2.14. The number of aliphatic hydroxyl groups excluding tert-OH is 1. The van der Waals surface area contributed by atoms with Crippen molar-refractivity contribution < 1.29 is 26.7 Å². The molecule has 0 atom stereocenters. The second kappa shape index (κ2) is 5.63. The maximum absolute atomic E-state index is 13.6. The summed E-state index contributed by atoms with van der Waals surface area (Å²) in [6.45, 7) is 0.887. The summed E-state index contributed by atoms with van der Waals surface area (Å²) in [7, 11) is -4.19. The molecule has 2 aromatic rings. The topological polar surface area (TPSA) is 79.5 Å². The molecule has 114 valence electrons. The molecule has 0 saturated heterocycles. The standard InChI is InChI=1S/C12H10ClF2NO4S/c1-6-11(4-8(5-17)20-6)21(18,19)16-12-9(13)2-7(14)3-10(12)15/h2-4,16-17H,5H2,1H3. The predicted molar refractivity (Wildman–Crippen MR) is 71.5 cm³/mol. The first-order chi connectivity index (χ1) is 9.74. The number of aliphatic hydroxyl groups is 1. The summed E-state index contributed by atoms with van der Waals surface area (Å²) in [4.78, 5) is -0.272. The Kier molecular flexibility index (Phi) is 4.22. The normalized spacial score (nSPS) is 11.7. The van der Waals surface area contributed by atoms with Crippen LogP contribution in [-0.2, 0) is 16.6 Å². The first kappa shape index (κ1) is 15.7. The Morgan fingerprint density at radius 3 is 2.52 bits per heavy atom. The lowest BCUT2D eigenvalue weighted by molar-refractivity contribution is 0.245. The van der Waals surface area contributed by atoms with Crippen LogP contribution in [0.1, 0.15) is 11.5 Å². The van der Waals surface area contributed by atoms with Crippen LogP contribution in [0.5, 0.6) is 0 Å². The van der Waals surface area contributed by atoms with E-state index in [1.165, 1.54) is 6.92 Å². The largest absolute Gasteiger partial charge is 0.462 e. The summed E-state index contributed by atoms with van der Waals surface area (Å²) in [5.41, 5.74) is -0.566. The van der Waals surface area contributed by atoms with Crippen LogP contribution in [0.3, 0.4) is 0 Å². The minimum absolute atomic E-state index is 0.0187. The van der Waals surface area contributed by atoms with E-state index in [9.17, 15) is 17.2 Å². The van der Waals surface area contributed by atoms with Crippen molar-refractivity contribution in [2.24, 2.45) is 0 Å². The second-order valence-electron chi connectivity index (χ2n) is 4.14. The van der Waals surface area contributed by atoms with Gasteiger partial charge in [0.05, 0.1) is 5.02 Å². The smallest absolute Gasteiger partial charge is 0.265 e. The van der Waals surface area contributed by atoms with Crippen LogP contribution in [0.2, 0.25) is 5.02 Å². The molecule has 9 heteroatoms. The first-order valence-electron chi connectivity index (χ1n) is 5.62. The van der Waals surface area contributed by atoms with Crippen molar-refractivity contribution in [1.82, 2.24) is 0 Å². The minimum Gasteiger partial charge on any atom is -0.462 e. The van der Waals surface area contributed by atoms with Crippen LogP contribution < -0.4 is 4.72 Å². The summed E-state index contributed by atoms with van der Waals surface area (Å²) in [5, 5.41) is 8.50. The number of halogens is 3. The number of hydrogen-bond donors (Lipinski definition) is 2.